The molecule has 0 radical (unpaired) electrons. The number of aromatic nitrogens is 2. The highest BCUT2D eigenvalue weighted by Crippen LogP contribution is 2.29. The van der Waals surface area contributed by atoms with Gasteiger partial charge in [0.1, 0.15) is 6.33 Å². The molecule has 0 amide bonds. The highest BCUT2D eigenvalue weighted by Gasteiger charge is 2.13. The van der Waals surface area contributed by atoms with Crippen LogP contribution in [-0.4, -0.2) is 22.3 Å². The van der Waals surface area contributed by atoms with Gasteiger partial charge in [0.15, 0.2) is 5.82 Å². The molecule has 1 aromatic heterocycles. The smallest absolute Gasteiger partial charge is 0.150 e. The average molecular weight is 320 g/mol. The topological polar surface area (TPSA) is 78.9 Å². The molecular formula is C13H14BrN5. The number of hydrogen-bond donors (Lipinski definition) is 2. The van der Waals surface area contributed by atoms with E-state index in [2.05, 4.69) is 25.9 Å². The summed E-state index contributed by atoms with van der Waals surface area (Å²) in [5.41, 5.74) is 6.45. The molecule has 19 heavy (non-hydrogen) atoms. The van der Waals surface area contributed by atoms with Gasteiger partial charge < -0.3 is 10.6 Å². The van der Waals surface area contributed by atoms with Crippen molar-refractivity contribution in [3.05, 3.63) is 47.3 Å². The van der Waals surface area contributed by atoms with E-state index in [0.717, 1.165) is 16.0 Å². The molecule has 0 spiro atoms. The molecule has 6 heteroatoms. The van der Waals surface area contributed by atoms with Crippen LogP contribution in [-0.2, 0) is 0 Å². The zero-order valence-corrected chi connectivity index (χ0v) is 11.8. The Morgan fingerprint density at radius 2 is 2.05 bits per heavy atom. The summed E-state index contributed by atoms with van der Waals surface area (Å²) in [6, 6.07) is 9.88. The van der Waals surface area contributed by atoms with Gasteiger partial charge in [0, 0.05) is 24.8 Å². The van der Waals surface area contributed by atoms with Crippen LogP contribution in [0.25, 0.3) is 0 Å². The Labute approximate surface area is 120 Å². The molecule has 0 atom stereocenters. The van der Waals surface area contributed by atoms with Crippen molar-refractivity contribution in [2.24, 2.45) is 5.73 Å². The van der Waals surface area contributed by atoms with Crippen LogP contribution in [0.3, 0.4) is 0 Å². The number of nitrogens with zero attached hydrogens (tertiary/aromatic N) is 3. The maximum absolute atomic E-state index is 7.37. The molecule has 0 aliphatic carbocycles. The van der Waals surface area contributed by atoms with E-state index in [-0.39, 0.29) is 5.84 Å². The lowest BCUT2D eigenvalue weighted by molar-refractivity contribution is 0.920. The van der Waals surface area contributed by atoms with Crippen molar-refractivity contribution < 1.29 is 0 Å². The lowest BCUT2D eigenvalue weighted by atomic mass is 10.2. The molecule has 1 aromatic carbocycles. The molecule has 0 aliphatic heterocycles. The molecule has 0 unspecified atom stereocenters. The predicted molar refractivity (Wildman–Crippen MR) is 79.7 cm³/mol. The summed E-state index contributed by atoms with van der Waals surface area (Å²) in [6.07, 6.45) is 3.68. The fourth-order valence-electron chi connectivity index (χ4n) is 1.70. The first-order valence-corrected chi connectivity index (χ1v) is 6.59. The standard InChI is InChI=1S/C13H14BrN5/c14-11-8-17-9-18-13(11)19(7-6-12(15)16)10-4-2-1-3-5-10/h1-5,8-9H,6-7H2,(H3,15,16). The molecule has 1 heterocycles. The van der Waals surface area contributed by atoms with E-state index in [1.165, 1.54) is 6.33 Å². The van der Waals surface area contributed by atoms with Crippen LogP contribution in [0.2, 0.25) is 0 Å². The molecule has 2 rings (SSSR count). The zero-order valence-electron chi connectivity index (χ0n) is 10.3. The molecule has 0 bridgehead atoms. The largest absolute Gasteiger partial charge is 0.388 e. The van der Waals surface area contributed by atoms with Crippen LogP contribution < -0.4 is 10.6 Å². The number of nitrogens with one attached hydrogen (secondary N) is 1. The fraction of sp³-hybridized carbons (Fsp3) is 0.154. The molecule has 2 aromatic rings. The monoisotopic (exact) mass is 319 g/mol. The molecule has 0 fully saturated rings. The molecule has 5 nitrogen and oxygen atoms in total. The maximum atomic E-state index is 7.37. The predicted octanol–water partition coefficient (Wildman–Crippen LogP) is 2.70. The van der Waals surface area contributed by atoms with Gasteiger partial charge in [-0.15, -0.1) is 0 Å². The lowest BCUT2D eigenvalue weighted by Crippen LogP contribution is -2.24. The van der Waals surface area contributed by atoms with E-state index >= 15 is 0 Å². The molecule has 3 N–H and O–H groups in total. The first-order valence-electron chi connectivity index (χ1n) is 5.79. The zero-order chi connectivity index (χ0) is 13.7. The highest BCUT2D eigenvalue weighted by molar-refractivity contribution is 9.10. The average Bonchev–Trinajstić information content (AvgIpc) is 2.42. The van der Waals surface area contributed by atoms with Gasteiger partial charge in [0.2, 0.25) is 0 Å². The highest BCUT2D eigenvalue weighted by atomic mass is 79.9. The number of anilines is 2. The van der Waals surface area contributed by atoms with Crippen molar-refractivity contribution in [1.29, 1.82) is 5.41 Å². The fourth-order valence-corrected chi connectivity index (χ4v) is 2.14. The minimum Gasteiger partial charge on any atom is -0.388 e. The number of benzene rings is 1. The number of rotatable bonds is 5. The van der Waals surface area contributed by atoms with Gasteiger partial charge in [0.05, 0.1) is 10.3 Å². The van der Waals surface area contributed by atoms with Crippen molar-refractivity contribution in [1.82, 2.24) is 9.97 Å². The van der Waals surface area contributed by atoms with Crippen LogP contribution in [0, 0.1) is 5.41 Å². The van der Waals surface area contributed by atoms with Crippen molar-refractivity contribution in [2.45, 2.75) is 6.42 Å². The number of amidine groups is 1. The van der Waals surface area contributed by atoms with Gasteiger partial charge in [-0.2, -0.15) is 0 Å². The van der Waals surface area contributed by atoms with Crippen LogP contribution in [0.15, 0.2) is 47.3 Å². The summed E-state index contributed by atoms with van der Waals surface area (Å²) >= 11 is 3.45. The molecular weight excluding hydrogens is 306 g/mol. The van der Waals surface area contributed by atoms with Crippen molar-refractivity contribution in [2.75, 3.05) is 11.4 Å². The second-order valence-corrected chi connectivity index (χ2v) is 4.81. The van der Waals surface area contributed by atoms with E-state index < -0.39 is 0 Å². The van der Waals surface area contributed by atoms with Gasteiger partial charge >= 0.3 is 0 Å². The molecule has 98 valence electrons. The maximum Gasteiger partial charge on any atom is 0.150 e. The summed E-state index contributed by atoms with van der Waals surface area (Å²) < 4.78 is 0.808. The Kier molecular flexibility index (Phi) is 4.46. The van der Waals surface area contributed by atoms with Crippen molar-refractivity contribution in [3.8, 4) is 0 Å². The Morgan fingerprint density at radius 1 is 1.32 bits per heavy atom. The summed E-state index contributed by atoms with van der Waals surface area (Å²) in [5, 5.41) is 7.37. The van der Waals surface area contributed by atoms with Gasteiger partial charge in [-0.3, -0.25) is 5.41 Å². The first kappa shape index (κ1) is 13.5. The molecule has 0 aliphatic rings. The Hall–Kier alpha value is -1.95. The van der Waals surface area contributed by atoms with E-state index in [9.17, 15) is 0 Å². The van der Waals surface area contributed by atoms with Crippen LogP contribution in [0.5, 0.6) is 0 Å². The summed E-state index contributed by atoms with van der Waals surface area (Å²) in [4.78, 5) is 10.3. The normalized spacial score (nSPS) is 10.2. The molecule has 0 saturated carbocycles. The van der Waals surface area contributed by atoms with E-state index in [0.29, 0.717) is 13.0 Å². The summed E-state index contributed by atoms with van der Waals surface area (Å²) in [7, 11) is 0. The summed E-state index contributed by atoms with van der Waals surface area (Å²) in [6.45, 7) is 0.592. The van der Waals surface area contributed by atoms with Crippen molar-refractivity contribution >= 4 is 33.3 Å². The number of nitrogens with two attached hydrogens (primary N) is 1. The Balaban J connectivity index is 2.35. The van der Waals surface area contributed by atoms with E-state index in [1.807, 2.05) is 35.2 Å². The van der Waals surface area contributed by atoms with E-state index in [4.69, 9.17) is 11.1 Å². The van der Waals surface area contributed by atoms with Crippen molar-refractivity contribution in [3.63, 3.8) is 0 Å². The quantitative estimate of drug-likeness (QED) is 0.656. The van der Waals surface area contributed by atoms with Crippen LogP contribution >= 0.6 is 15.9 Å². The van der Waals surface area contributed by atoms with Gasteiger partial charge in [-0.05, 0) is 28.1 Å². The molecule has 0 saturated heterocycles. The SMILES string of the molecule is N=C(N)CCN(c1ccccc1)c1ncncc1Br. The third kappa shape index (κ3) is 3.51. The van der Waals surface area contributed by atoms with E-state index in [1.54, 1.807) is 6.20 Å². The summed E-state index contributed by atoms with van der Waals surface area (Å²) in [5.74, 6) is 0.925. The second kappa shape index (κ2) is 6.29. The minimum absolute atomic E-state index is 0.158. The van der Waals surface area contributed by atoms with Gasteiger partial charge in [0.25, 0.3) is 0 Å². The number of hydrogen-bond acceptors (Lipinski definition) is 4. The minimum atomic E-state index is 0.158. The third-order valence-corrected chi connectivity index (χ3v) is 3.14. The third-order valence-electron chi connectivity index (χ3n) is 2.58. The number of halogens is 1. The lowest BCUT2D eigenvalue weighted by Gasteiger charge is -2.24. The van der Waals surface area contributed by atoms with Gasteiger partial charge in [-0.25, -0.2) is 9.97 Å². The van der Waals surface area contributed by atoms with Crippen LogP contribution in [0.1, 0.15) is 6.42 Å². The second-order valence-electron chi connectivity index (χ2n) is 3.96. The first-order chi connectivity index (χ1) is 9.18. The van der Waals surface area contributed by atoms with Gasteiger partial charge in [-0.1, -0.05) is 18.2 Å². The number of para-hydroxylation sites is 1. The Morgan fingerprint density at radius 3 is 2.68 bits per heavy atom. The van der Waals surface area contributed by atoms with Crippen LogP contribution in [0.4, 0.5) is 11.5 Å². The Bertz CT molecular complexity index is 558.